The molecule has 0 atom stereocenters. The Morgan fingerprint density at radius 2 is 1.72 bits per heavy atom. The molecular formula is C28H27N3O. The van der Waals surface area contributed by atoms with Crippen molar-refractivity contribution in [1.29, 1.82) is 0 Å². The Balaban J connectivity index is 1.66. The van der Waals surface area contributed by atoms with E-state index in [0.717, 1.165) is 45.7 Å². The van der Waals surface area contributed by atoms with E-state index in [1.165, 1.54) is 5.56 Å². The van der Waals surface area contributed by atoms with Crippen LogP contribution in [0.5, 0.6) is 0 Å². The van der Waals surface area contributed by atoms with Crippen LogP contribution in [0.2, 0.25) is 0 Å². The Morgan fingerprint density at radius 3 is 2.44 bits per heavy atom. The van der Waals surface area contributed by atoms with Gasteiger partial charge in [-0.3, -0.25) is 4.79 Å². The molecular weight excluding hydrogens is 394 g/mol. The molecule has 0 radical (unpaired) electrons. The number of carbonyl (C=O) groups is 1. The lowest BCUT2D eigenvalue weighted by molar-refractivity contribution is -0.111. The monoisotopic (exact) mass is 421 g/mol. The summed E-state index contributed by atoms with van der Waals surface area (Å²) in [5.41, 5.74) is 7.97. The predicted molar refractivity (Wildman–Crippen MR) is 132 cm³/mol. The Kier molecular flexibility index (Phi) is 6.31. The zero-order valence-electron chi connectivity index (χ0n) is 18.7. The Bertz CT molecular complexity index is 1250. The number of hydrogen-bond acceptors (Lipinski definition) is 2. The first-order chi connectivity index (χ1) is 15.5. The number of anilines is 1. The summed E-state index contributed by atoms with van der Waals surface area (Å²) in [4.78, 5) is 12.8. The van der Waals surface area contributed by atoms with E-state index in [1.54, 1.807) is 6.08 Å². The summed E-state index contributed by atoms with van der Waals surface area (Å²) >= 11 is 0. The molecule has 1 amide bonds. The van der Waals surface area contributed by atoms with Crippen molar-refractivity contribution in [2.75, 3.05) is 5.32 Å². The highest BCUT2D eigenvalue weighted by molar-refractivity contribution is 6.03. The van der Waals surface area contributed by atoms with Gasteiger partial charge in [0.15, 0.2) is 0 Å². The minimum absolute atomic E-state index is 0.156. The molecule has 0 aliphatic carbocycles. The fourth-order valence-corrected chi connectivity index (χ4v) is 3.69. The molecule has 4 heteroatoms. The van der Waals surface area contributed by atoms with Gasteiger partial charge in [-0.05, 0) is 49.6 Å². The summed E-state index contributed by atoms with van der Waals surface area (Å²) in [6.07, 6.45) is 6.23. The lowest BCUT2D eigenvalue weighted by Gasteiger charge is -2.11. The number of aryl methyl sites for hydroxylation is 3. The molecule has 0 aliphatic heterocycles. The highest BCUT2D eigenvalue weighted by Gasteiger charge is 2.12. The highest BCUT2D eigenvalue weighted by Crippen LogP contribution is 2.26. The van der Waals surface area contributed by atoms with E-state index in [-0.39, 0.29) is 5.91 Å². The molecule has 0 saturated heterocycles. The van der Waals surface area contributed by atoms with Crippen molar-refractivity contribution in [3.63, 3.8) is 0 Å². The van der Waals surface area contributed by atoms with Gasteiger partial charge in [-0.1, -0.05) is 73.2 Å². The molecule has 0 fully saturated rings. The largest absolute Gasteiger partial charge is 0.322 e. The minimum Gasteiger partial charge on any atom is -0.322 e. The van der Waals surface area contributed by atoms with Crippen molar-refractivity contribution in [3.05, 3.63) is 107 Å². The van der Waals surface area contributed by atoms with E-state index in [2.05, 4.69) is 43.4 Å². The smallest absolute Gasteiger partial charge is 0.248 e. The number of benzene rings is 3. The predicted octanol–water partition coefficient (Wildman–Crippen LogP) is 6.37. The fraction of sp³-hybridized carbons (Fsp3) is 0.143. The van der Waals surface area contributed by atoms with E-state index >= 15 is 0 Å². The maximum Gasteiger partial charge on any atom is 0.248 e. The average Bonchev–Trinajstić information content (AvgIpc) is 3.24. The fourth-order valence-electron chi connectivity index (χ4n) is 3.69. The van der Waals surface area contributed by atoms with Crippen LogP contribution in [0.25, 0.3) is 23.0 Å². The van der Waals surface area contributed by atoms with Crippen LogP contribution < -0.4 is 5.32 Å². The number of amides is 1. The number of rotatable bonds is 6. The number of nitrogens with one attached hydrogen (secondary N) is 1. The van der Waals surface area contributed by atoms with Gasteiger partial charge in [-0.2, -0.15) is 5.10 Å². The molecule has 0 spiro atoms. The van der Waals surface area contributed by atoms with Gasteiger partial charge in [0.05, 0.1) is 11.4 Å². The second-order valence-electron chi connectivity index (χ2n) is 7.86. The number of hydrogen-bond donors (Lipinski definition) is 1. The number of carbonyl (C=O) groups excluding carboxylic acids is 1. The third-order valence-electron chi connectivity index (χ3n) is 5.49. The third-order valence-corrected chi connectivity index (χ3v) is 5.49. The molecule has 4 rings (SSSR count). The van der Waals surface area contributed by atoms with Gasteiger partial charge >= 0.3 is 0 Å². The lowest BCUT2D eigenvalue weighted by Crippen LogP contribution is -2.11. The topological polar surface area (TPSA) is 46.9 Å². The second kappa shape index (κ2) is 9.48. The molecule has 160 valence electrons. The van der Waals surface area contributed by atoms with Crippen molar-refractivity contribution in [2.45, 2.75) is 27.2 Å². The van der Waals surface area contributed by atoms with E-state index in [4.69, 9.17) is 5.10 Å². The summed E-state index contributed by atoms with van der Waals surface area (Å²) < 4.78 is 1.85. The molecule has 1 N–H and O–H groups in total. The minimum atomic E-state index is -0.156. The van der Waals surface area contributed by atoms with Crippen LogP contribution in [0, 0.1) is 13.8 Å². The SMILES string of the molecule is CCc1cccc(C)c1NC(=O)C=Cc1cn(-c2ccccc2)nc1-c1ccc(C)cc1. The Hall–Kier alpha value is -3.92. The van der Waals surface area contributed by atoms with Crippen molar-refractivity contribution in [3.8, 4) is 16.9 Å². The summed E-state index contributed by atoms with van der Waals surface area (Å²) in [5.74, 6) is -0.156. The van der Waals surface area contributed by atoms with Crippen LogP contribution in [0.1, 0.15) is 29.2 Å². The van der Waals surface area contributed by atoms with E-state index < -0.39 is 0 Å². The number of nitrogens with zero attached hydrogens (tertiary/aromatic N) is 2. The summed E-state index contributed by atoms with van der Waals surface area (Å²) in [5, 5.41) is 7.87. The molecule has 1 heterocycles. The van der Waals surface area contributed by atoms with Crippen LogP contribution in [-0.4, -0.2) is 15.7 Å². The average molecular weight is 422 g/mol. The standard InChI is InChI=1S/C28H27N3O/c1-4-22-10-8-9-21(3)27(22)29-26(32)18-17-24-19-31(25-11-6-5-7-12-25)30-28(24)23-15-13-20(2)14-16-23/h5-19H,4H2,1-3H3,(H,29,32). The summed E-state index contributed by atoms with van der Waals surface area (Å²) in [6, 6.07) is 24.3. The first-order valence-corrected chi connectivity index (χ1v) is 10.8. The first-order valence-electron chi connectivity index (χ1n) is 10.8. The molecule has 1 aromatic heterocycles. The van der Waals surface area contributed by atoms with Crippen molar-refractivity contribution >= 4 is 17.7 Å². The van der Waals surface area contributed by atoms with Gasteiger partial charge in [0, 0.05) is 29.1 Å². The molecule has 4 nitrogen and oxygen atoms in total. The van der Waals surface area contributed by atoms with E-state index in [1.807, 2.05) is 72.4 Å². The quantitative estimate of drug-likeness (QED) is 0.368. The van der Waals surface area contributed by atoms with Gasteiger partial charge in [0.2, 0.25) is 5.91 Å². The number of para-hydroxylation sites is 2. The van der Waals surface area contributed by atoms with Crippen LogP contribution in [-0.2, 0) is 11.2 Å². The van der Waals surface area contributed by atoms with E-state index in [9.17, 15) is 4.79 Å². The normalized spacial score (nSPS) is 11.1. The van der Waals surface area contributed by atoms with Gasteiger partial charge < -0.3 is 5.32 Å². The van der Waals surface area contributed by atoms with Gasteiger partial charge in [0.1, 0.15) is 0 Å². The lowest BCUT2D eigenvalue weighted by atomic mass is 10.1. The van der Waals surface area contributed by atoms with Crippen LogP contribution in [0.3, 0.4) is 0 Å². The molecule has 32 heavy (non-hydrogen) atoms. The zero-order valence-corrected chi connectivity index (χ0v) is 18.7. The Labute approximate surface area is 189 Å². The summed E-state index contributed by atoms with van der Waals surface area (Å²) in [6.45, 7) is 6.16. The molecule has 0 saturated carbocycles. The van der Waals surface area contributed by atoms with Crippen LogP contribution in [0.15, 0.2) is 85.1 Å². The second-order valence-corrected chi connectivity index (χ2v) is 7.86. The van der Waals surface area contributed by atoms with Crippen molar-refractivity contribution in [1.82, 2.24) is 9.78 Å². The van der Waals surface area contributed by atoms with Crippen molar-refractivity contribution in [2.24, 2.45) is 0 Å². The van der Waals surface area contributed by atoms with Gasteiger partial charge in [0.25, 0.3) is 0 Å². The first kappa shape index (κ1) is 21.3. The molecule has 4 aromatic rings. The highest BCUT2D eigenvalue weighted by atomic mass is 16.1. The van der Waals surface area contributed by atoms with Crippen LogP contribution >= 0.6 is 0 Å². The third kappa shape index (κ3) is 4.70. The van der Waals surface area contributed by atoms with Crippen molar-refractivity contribution < 1.29 is 4.79 Å². The maximum absolute atomic E-state index is 12.8. The van der Waals surface area contributed by atoms with Gasteiger partial charge in [-0.15, -0.1) is 0 Å². The molecule has 0 aliphatic rings. The molecule has 0 unspecified atom stereocenters. The van der Waals surface area contributed by atoms with E-state index in [0.29, 0.717) is 0 Å². The Morgan fingerprint density at radius 1 is 0.969 bits per heavy atom. The van der Waals surface area contributed by atoms with Gasteiger partial charge in [-0.25, -0.2) is 4.68 Å². The zero-order chi connectivity index (χ0) is 22.5. The molecule has 3 aromatic carbocycles. The van der Waals surface area contributed by atoms with Crippen LogP contribution in [0.4, 0.5) is 5.69 Å². The molecule has 0 bridgehead atoms. The maximum atomic E-state index is 12.8. The summed E-state index contributed by atoms with van der Waals surface area (Å²) in [7, 11) is 0. The number of aromatic nitrogens is 2.